The molecule has 1 unspecified atom stereocenters. The lowest BCUT2D eigenvalue weighted by Crippen LogP contribution is -2.38. The molecule has 1 aromatic heterocycles. The zero-order valence-electron chi connectivity index (χ0n) is 15.5. The van der Waals surface area contributed by atoms with Crippen LogP contribution in [0.15, 0.2) is 30.6 Å². The van der Waals surface area contributed by atoms with Gasteiger partial charge in [-0.1, -0.05) is 18.2 Å². The zero-order valence-corrected chi connectivity index (χ0v) is 15.5. The monoisotopic (exact) mass is 357 g/mol. The van der Waals surface area contributed by atoms with Gasteiger partial charge < -0.3 is 19.5 Å². The van der Waals surface area contributed by atoms with Crippen molar-refractivity contribution >= 4 is 5.91 Å². The van der Waals surface area contributed by atoms with Crippen molar-refractivity contribution in [2.24, 2.45) is 7.05 Å². The first-order valence-corrected chi connectivity index (χ1v) is 9.21. The predicted octanol–water partition coefficient (Wildman–Crippen LogP) is 2.06. The van der Waals surface area contributed by atoms with Gasteiger partial charge in [0, 0.05) is 32.2 Å². The quantitative estimate of drug-likeness (QED) is 0.821. The summed E-state index contributed by atoms with van der Waals surface area (Å²) < 4.78 is 7.73. The maximum absolute atomic E-state index is 12.3. The molecule has 3 rings (SSSR count). The Morgan fingerprint density at radius 1 is 1.27 bits per heavy atom. The molecule has 1 fully saturated rings. The van der Waals surface area contributed by atoms with Crippen molar-refractivity contribution in [3.05, 3.63) is 42.0 Å². The van der Waals surface area contributed by atoms with Crippen LogP contribution >= 0.6 is 0 Å². The van der Waals surface area contributed by atoms with Gasteiger partial charge in [-0.25, -0.2) is 0 Å². The summed E-state index contributed by atoms with van der Waals surface area (Å²) in [7, 11) is 1.93. The number of aryl methyl sites for hydroxylation is 1. The standard InChI is InChI=1S/C19H27N5O2/c1-15(19-22-21-14-23(19)2)20-12-16-8-4-5-9-17(16)26-13-18(25)24-10-6-3-7-11-24/h4-5,8-9,14-15,20H,3,6-7,10-13H2,1-2H3. The molecule has 1 amide bonds. The van der Waals surface area contributed by atoms with Crippen molar-refractivity contribution in [1.29, 1.82) is 0 Å². The first kappa shape index (κ1) is 18.4. The second kappa shape index (κ2) is 8.80. The van der Waals surface area contributed by atoms with Gasteiger partial charge in [-0.05, 0) is 32.3 Å². The molecule has 1 atom stereocenters. The Kier molecular flexibility index (Phi) is 6.22. The molecule has 7 nitrogen and oxygen atoms in total. The van der Waals surface area contributed by atoms with Gasteiger partial charge in [0.2, 0.25) is 0 Å². The van der Waals surface area contributed by atoms with Crippen molar-refractivity contribution in [3.63, 3.8) is 0 Å². The first-order chi connectivity index (χ1) is 12.6. The van der Waals surface area contributed by atoms with Crippen LogP contribution in [0, 0.1) is 0 Å². The minimum Gasteiger partial charge on any atom is -0.483 e. The van der Waals surface area contributed by atoms with E-state index in [-0.39, 0.29) is 18.6 Å². The molecule has 140 valence electrons. The molecule has 7 heteroatoms. The average molecular weight is 357 g/mol. The number of nitrogens with zero attached hydrogens (tertiary/aromatic N) is 4. The Balaban J connectivity index is 1.55. The number of ether oxygens (including phenoxy) is 1. The van der Waals surface area contributed by atoms with Gasteiger partial charge in [-0.3, -0.25) is 4.79 Å². The number of hydrogen-bond acceptors (Lipinski definition) is 5. The van der Waals surface area contributed by atoms with Crippen LogP contribution in [0.1, 0.15) is 43.6 Å². The Labute approximate surface area is 154 Å². The highest BCUT2D eigenvalue weighted by Crippen LogP contribution is 2.19. The third-order valence-electron chi connectivity index (χ3n) is 4.76. The molecule has 0 aliphatic carbocycles. The topological polar surface area (TPSA) is 72.3 Å². The van der Waals surface area contributed by atoms with Gasteiger partial charge in [0.1, 0.15) is 17.9 Å². The fourth-order valence-corrected chi connectivity index (χ4v) is 3.20. The van der Waals surface area contributed by atoms with Crippen molar-refractivity contribution in [1.82, 2.24) is 25.0 Å². The molecule has 0 radical (unpaired) electrons. The number of hydrogen-bond donors (Lipinski definition) is 1. The van der Waals surface area contributed by atoms with Crippen LogP contribution < -0.4 is 10.1 Å². The maximum Gasteiger partial charge on any atom is 0.260 e. The van der Waals surface area contributed by atoms with Gasteiger partial charge in [0.15, 0.2) is 6.61 Å². The number of benzene rings is 1. The summed E-state index contributed by atoms with van der Waals surface area (Å²) >= 11 is 0. The van der Waals surface area contributed by atoms with Gasteiger partial charge in [-0.15, -0.1) is 10.2 Å². The highest BCUT2D eigenvalue weighted by molar-refractivity contribution is 5.77. The van der Waals surface area contributed by atoms with Crippen LogP contribution in [-0.4, -0.2) is 45.3 Å². The number of piperidine rings is 1. The lowest BCUT2D eigenvalue weighted by Gasteiger charge is -2.26. The lowest BCUT2D eigenvalue weighted by molar-refractivity contribution is -0.134. The zero-order chi connectivity index (χ0) is 18.4. The first-order valence-electron chi connectivity index (χ1n) is 9.21. The number of likely N-dealkylation sites (tertiary alicyclic amines) is 1. The third-order valence-corrected chi connectivity index (χ3v) is 4.76. The van der Waals surface area contributed by atoms with Crippen LogP contribution in [0.3, 0.4) is 0 Å². The van der Waals surface area contributed by atoms with Gasteiger partial charge >= 0.3 is 0 Å². The molecular formula is C19H27N5O2. The smallest absolute Gasteiger partial charge is 0.260 e. The van der Waals surface area contributed by atoms with Crippen LogP contribution in [0.2, 0.25) is 0 Å². The number of aromatic nitrogens is 3. The van der Waals surface area contributed by atoms with E-state index < -0.39 is 0 Å². The molecule has 0 spiro atoms. The molecule has 2 heterocycles. The molecule has 1 aliphatic heterocycles. The SMILES string of the molecule is CC(NCc1ccccc1OCC(=O)N1CCCCC1)c1nncn1C. The van der Waals surface area contributed by atoms with E-state index in [1.54, 1.807) is 6.33 Å². The molecular weight excluding hydrogens is 330 g/mol. The Hall–Kier alpha value is -2.41. The molecule has 1 aliphatic rings. The highest BCUT2D eigenvalue weighted by Gasteiger charge is 2.17. The van der Waals surface area contributed by atoms with Crippen LogP contribution in [0.25, 0.3) is 0 Å². The molecule has 26 heavy (non-hydrogen) atoms. The molecule has 1 saturated heterocycles. The van der Waals surface area contributed by atoms with E-state index in [9.17, 15) is 4.79 Å². The summed E-state index contributed by atoms with van der Waals surface area (Å²) in [6.07, 6.45) is 5.08. The summed E-state index contributed by atoms with van der Waals surface area (Å²) in [5.41, 5.74) is 1.02. The predicted molar refractivity (Wildman–Crippen MR) is 98.6 cm³/mol. The number of carbonyl (C=O) groups is 1. The van der Waals surface area contributed by atoms with Crippen molar-refractivity contribution in [2.75, 3.05) is 19.7 Å². The van der Waals surface area contributed by atoms with E-state index in [1.807, 2.05) is 47.7 Å². The summed E-state index contributed by atoms with van der Waals surface area (Å²) in [6.45, 7) is 4.46. The minimum absolute atomic E-state index is 0.0607. The highest BCUT2D eigenvalue weighted by atomic mass is 16.5. The van der Waals surface area contributed by atoms with Crippen LogP contribution in [0.4, 0.5) is 0 Å². The Morgan fingerprint density at radius 3 is 2.77 bits per heavy atom. The van der Waals surface area contributed by atoms with E-state index in [0.717, 1.165) is 43.1 Å². The average Bonchev–Trinajstić information content (AvgIpc) is 3.11. The van der Waals surface area contributed by atoms with E-state index in [1.165, 1.54) is 6.42 Å². The number of nitrogens with one attached hydrogen (secondary N) is 1. The molecule has 0 saturated carbocycles. The fourth-order valence-electron chi connectivity index (χ4n) is 3.20. The van der Waals surface area contributed by atoms with Crippen molar-refractivity contribution < 1.29 is 9.53 Å². The molecule has 2 aromatic rings. The lowest BCUT2D eigenvalue weighted by atomic mass is 10.1. The summed E-state index contributed by atoms with van der Waals surface area (Å²) in [4.78, 5) is 14.2. The third kappa shape index (κ3) is 4.60. The maximum atomic E-state index is 12.3. The Bertz CT molecular complexity index is 724. The van der Waals surface area contributed by atoms with Gasteiger partial charge in [0.25, 0.3) is 5.91 Å². The van der Waals surface area contributed by atoms with Crippen molar-refractivity contribution in [2.45, 2.75) is 38.8 Å². The van der Waals surface area contributed by atoms with Crippen LogP contribution in [0.5, 0.6) is 5.75 Å². The number of rotatable bonds is 7. The summed E-state index contributed by atoms with van der Waals surface area (Å²) in [5.74, 6) is 1.69. The largest absolute Gasteiger partial charge is 0.483 e. The van der Waals surface area contributed by atoms with Crippen molar-refractivity contribution in [3.8, 4) is 5.75 Å². The van der Waals surface area contributed by atoms with Gasteiger partial charge in [0.05, 0.1) is 6.04 Å². The number of carbonyl (C=O) groups excluding carboxylic acids is 1. The number of amides is 1. The van der Waals surface area contributed by atoms with E-state index in [4.69, 9.17) is 4.74 Å². The van der Waals surface area contributed by atoms with Crippen LogP contribution in [-0.2, 0) is 18.4 Å². The Morgan fingerprint density at radius 2 is 2.04 bits per heavy atom. The second-order valence-corrected chi connectivity index (χ2v) is 6.74. The molecule has 1 aromatic carbocycles. The van der Waals surface area contributed by atoms with E-state index >= 15 is 0 Å². The number of para-hydroxylation sites is 1. The second-order valence-electron chi connectivity index (χ2n) is 6.74. The summed E-state index contributed by atoms with van der Waals surface area (Å²) in [6, 6.07) is 7.88. The minimum atomic E-state index is 0.0607. The van der Waals surface area contributed by atoms with E-state index in [2.05, 4.69) is 15.5 Å². The summed E-state index contributed by atoms with van der Waals surface area (Å²) in [5, 5.41) is 11.5. The van der Waals surface area contributed by atoms with Gasteiger partial charge in [-0.2, -0.15) is 0 Å². The fraction of sp³-hybridized carbons (Fsp3) is 0.526. The van der Waals surface area contributed by atoms with E-state index in [0.29, 0.717) is 6.54 Å². The molecule has 0 bridgehead atoms. The normalized spacial score (nSPS) is 15.7. The molecule has 1 N–H and O–H groups in total.